The van der Waals surface area contributed by atoms with E-state index in [-0.39, 0.29) is 5.92 Å². The number of aliphatic hydroxyl groups excluding tert-OH is 2. The molecule has 1 aliphatic rings. The lowest BCUT2D eigenvalue weighted by Gasteiger charge is -2.31. The highest BCUT2D eigenvalue weighted by molar-refractivity contribution is 5.18. The largest absolute Gasteiger partial charge is 0.389 e. The van der Waals surface area contributed by atoms with Crippen LogP contribution >= 0.6 is 0 Å². The fourth-order valence-corrected chi connectivity index (χ4v) is 1.56. The van der Waals surface area contributed by atoms with Crippen molar-refractivity contribution in [3.05, 3.63) is 23.8 Å². The van der Waals surface area contributed by atoms with Gasteiger partial charge in [0.2, 0.25) is 0 Å². The molecule has 0 aromatic rings. The molecule has 0 bridgehead atoms. The first-order chi connectivity index (χ1) is 5.54. The van der Waals surface area contributed by atoms with Crippen LogP contribution in [0.25, 0.3) is 0 Å². The number of rotatable bonds is 1. The van der Waals surface area contributed by atoms with Gasteiger partial charge in [-0.1, -0.05) is 18.2 Å². The second-order valence-electron chi connectivity index (χ2n) is 3.57. The maximum Gasteiger partial charge on any atom is 0.101 e. The fourth-order valence-electron chi connectivity index (χ4n) is 1.56. The van der Waals surface area contributed by atoms with Gasteiger partial charge in [0.05, 0.1) is 6.10 Å². The SMILES string of the molecule is C=C(C)[C@H]1CC=C(C)[C@H](O)[C@H]1O. The van der Waals surface area contributed by atoms with Crippen molar-refractivity contribution < 1.29 is 10.2 Å². The van der Waals surface area contributed by atoms with Crippen molar-refractivity contribution in [2.75, 3.05) is 0 Å². The number of hydrogen-bond acceptors (Lipinski definition) is 2. The van der Waals surface area contributed by atoms with Gasteiger partial charge in [0, 0.05) is 5.92 Å². The van der Waals surface area contributed by atoms with E-state index in [1.165, 1.54) is 0 Å². The van der Waals surface area contributed by atoms with E-state index in [1.807, 2.05) is 19.9 Å². The molecule has 2 nitrogen and oxygen atoms in total. The van der Waals surface area contributed by atoms with E-state index in [4.69, 9.17) is 0 Å². The molecule has 12 heavy (non-hydrogen) atoms. The van der Waals surface area contributed by atoms with Crippen LogP contribution in [0.1, 0.15) is 20.3 Å². The molecule has 0 aliphatic heterocycles. The van der Waals surface area contributed by atoms with Crippen LogP contribution in [-0.2, 0) is 0 Å². The minimum atomic E-state index is -0.708. The Labute approximate surface area is 73.2 Å². The Bertz CT molecular complexity index is 218. The average molecular weight is 168 g/mol. The fraction of sp³-hybridized carbons (Fsp3) is 0.600. The maximum atomic E-state index is 9.63. The molecule has 3 atom stereocenters. The monoisotopic (exact) mass is 168 g/mol. The third-order valence-corrected chi connectivity index (χ3v) is 2.53. The summed E-state index contributed by atoms with van der Waals surface area (Å²) < 4.78 is 0. The molecule has 0 amide bonds. The Balaban J connectivity index is 2.80. The molecule has 0 saturated heterocycles. The van der Waals surface area contributed by atoms with Gasteiger partial charge in [-0.15, -0.1) is 0 Å². The van der Waals surface area contributed by atoms with Crippen molar-refractivity contribution >= 4 is 0 Å². The van der Waals surface area contributed by atoms with Gasteiger partial charge in [-0.2, -0.15) is 0 Å². The van der Waals surface area contributed by atoms with Crippen molar-refractivity contribution in [1.29, 1.82) is 0 Å². The summed E-state index contributed by atoms with van der Waals surface area (Å²) in [5, 5.41) is 19.1. The highest BCUT2D eigenvalue weighted by Gasteiger charge is 2.30. The van der Waals surface area contributed by atoms with Gasteiger partial charge in [-0.05, 0) is 25.8 Å². The lowest BCUT2D eigenvalue weighted by molar-refractivity contribution is 0.00618. The molecular formula is C10H16O2. The quantitative estimate of drug-likeness (QED) is 0.578. The molecular weight excluding hydrogens is 152 g/mol. The summed E-state index contributed by atoms with van der Waals surface area (Å²) in [6, 6.07) is 0. The van der Waals surface area contributed by atoms with Crippen LogP contribution in [0.4, 0.5) is 0 Å². The van der Waals surface area contributed by atoms with Crippen LogP contribution in [0.2, 0.25) is 0 Å². The average Bonchev–Trinajstić information content (AvgIpc) is 2.00. The van der Waals surface area contributed by atoms with Gasteiger partial charge in [-0.25, -0.2) is 0 Å². The molecule has 2 heteroatoms. The van der Waals surface area contributed by atoms with Crippen molar-refractivity contribution in [3.63, 3.8) is 0 Å². The van der Waals surface area contributed by atoms with Crippen molar-refractivity contribution in [2.45, 2.75) is 32.5 Å². The van der Waals surface area contributed by atoms with Crippen molar-refractivity contribution in [3.8, 4) is 0 Å². The zero-order valence-corrected chi connectivity index (χ0v) is 7.62. The Morgan fingerprint density at radius 1 is 1.58 bits per heavy atom. The summed E-state index contributed by atoms with van der Waals surface area (Å²) in [6.07, 6.45) is 1.38. The van der Waals surface area contributed by atoms with Crippen molar-refractivity contribution in [1.82, 2.24) is 0 Å². The molecule has 0 radical (unpaired) electrons. The summed E-state index contributed by atoms with van der Waals surface area (Å²) >= 11 is 0. The lowest BCUT2D eigenvalue weighted by Crippen LogP contribution is -2.37. The molecule has 1 rings (SSSR count). The summed E-state index contributed by atoms with van der Waals surface area (Å²) in [4.78, 5) is 0. The number of allylic oxidation sites excluding steroid dienone is 1. The lowest BCUT2D eigenvalue weighted by atomic mass is 9.82. The molecule has 0 saturated carbocycles. The van der Waals surface area contributed by atoms with Crippen LogP contribution in [0, 0.1) is 5.92 Å². The van der Waals surface area contributed by atoms with Crippen LogP contribution in [0.5, 0.6) is 0 Å². The van der Waals surface area contributed by atoms with E-state index in [0.29, 0.717) is 0 Å². The van der Waals surface area contributed by atoms with Gasteiger partial charge in [0.15, 0.2) is 0 Å². The Hall–Kier alpha value is -0.600. The minimum absolute atomic E-state index is 0.0173. The number of aliphatic hydroxyl groups is 2. The summed E-state index contributed by atoms with van der Waals surface area (Å²) in [5.74, 6) is 0.0173. The maximum absolute atomic E-state index is 9.63. The highest BCUT2D eigenvalue weighted by atomic mass is 16.3. The zero-order chi connectivity index (χ0) is 9.30. The highest BCUT2D eigenvalue weighted by Crippen LogP contribution is 2.28. The Kier molecular flexibility index (Phi) is 2.70. The predicted octanol–water partition coefficient (Wildman–Crippen LogP) is 1.25. The third-order valence-electron chi connectivity index (χ3n) is 2.53. The minimum Gasteiger partial charge on any atom is -0.389 e. The van der Waals surface area contributed by atoms with Gasteiger partial charge < -0.3 is 10.2 Å². The zero-order valence-electron chi connectivity index (χ0n) is 7.62. The molecule has 0 heterocycles. The Morgan fingerprint density at radius 3 is 2.67 bits per heavy atom. The molecule has 68 valence electrons. The van der Waals surface area contributed by atoms with E-state index < -0.39 is 12.2 Å². The molecule has 0 spiro atoms. The van der Waals surface area contributed by atoms with Crippen LogP contribution in [-0.4, -0.2) is 22.4 Å². The standard InChI is InChI=1S/C10H16O2/c1-6(2)8-5-4-7(3)9(11)10(8)12/h4,8-12H,1,5H2,2-3H3/t8-,9+,10+/m1/s1. The summed E-state index contributed by atoms with van der Waals surface area (Å²) in [6.45, 7) is 7.51. The van der Waals surface area contributed by atoms with Crippen LogP contribution in [0.15, 0.2) is 23.8 Å². The molecule has 0 aromatic carbocycles. The van der Waals surface area contributed by atoms with E-state index in [2.05, 4.69) is 6.58 Å². The van der Waals surface area contributed by atoms with Gasteiger partial charge in [-0.3, -0.25) is 0 Å². The summed E-state index contributed by atoms with van der Waals surface area (Å²) in [5.41, 5.74) is 1.80. The first-order valence-corrected chi connectivity index (χ1v) is 4.22. The first-order valence-electron chi connectivity index (χ1n) is 4.22. The topological polar surface area (TPSA) is 40.5 Å². The van der Waals surface area contributed by atoms with E-state index in [1.54, 1.807) is 0 Å². The predicted molar refractivity (Wildman–Crippen MR) is 48.7 cm³/mol. The van der Waals surface area contributed by atoms with Gasteiger partial charge >= 0.3 is 0 Å². The molecule has 1 aliphatic carbocycles. The normalized spacial score (nSPS) is 36.0. The van der Waals surface area contributed by atoms with E-state index >= 15 is 0 Å². The number of hydrogen-bond donors (Lipinski definition) is 2. The Morgan fingerprint density at radius 2 is 2.17 bits per heavy atom. The second kappa shape index (κ2) is 3.42. The molecule has 0 unspecified atom stereocenters. The molecule has 2 N–H and O–H groups in total. The van der Waals surface area contributed by atoms with Crippen LogP contribution in [0.3, 0.4) is 0 Å². The smallest absolute Gasteiger partial charge is 0.101 e. The second-order valence-corrected chi connectivity index (χ2v) is 3.57. The molecule has 0 fully saturated rings. The van der Waals surface area contributed by atoms with E-state index in [9.17, 15) is 10.2 Å². The summed E-state index contributed by atoms with van der Waals surface area (Å²) in [7, 11) is 0. The van der Waals surface area contributed by atoms with Gasteiger partial charge in [0.1, 0.15) is 6.10 Å². The molecule has 0 aromatic heterocycles. The van der Waals surface area contributed by atoms with Gasteiger partial charge in [0.25, 0.3) is 0 Å². The third kappa shape index (κ3) is 1.59. The first kappa shape index (κ1) is 9.49. The van der Waals surface area contributed by atoms with Crippen molar-refractivity contribution in [2.24, 2.45) is 5.92 Å². The van der Waals surface area contributed by atoms with Crippen LogP contribution < -0.4 is 0 Å². The van der Waals surface area contributed by atoms with E-state index in [0.717, 1.165) is 17.6 Å².